The van der Waals surface area contributed by atoms with E-state index in [0.29, 0.717) is 6.54 Å². The summed E-state index contributed by atoms with van der Waals surface area (Å²) in [4.78, 5) is 25.3. The maximum Gasteiger partial charge on any atom is 0.262 e. The number of fused-ring (bicyclic) bond motifs is 3. The second-order valence-electron chi connectivity index (χ2n) is 6.29. The maximum absolute atomic E-state index is 13.0. The van der Waals surface area contributed by atoms with Gasteiger partial charge in [0.1, 0.15) is 9.84 Å². The molecule has 1 N–H and O–H groups in total. The van der Waals surface area contributed by atoms with Gasteiger partial charge in [-0.15, -0.1) is 35.1 Å². The maximum atomic E-state index is 13.0. The first kappa shape index (κ1) is 18.3. The number of nitrogens with one attached hydrogen (secondary N) is 1. The first-order valence-electron chi connectivity index (χ1n) is 8.50. The van der Waals surface area contributed by atoms with Gasteiger partial charge in [0.15, 0.2) is 0 Å². The fourth-order valence-corrected chi connectivity index (χ4v) is 5.39. The minimum Gasteiger partial charge on any atom is -0.312 e. The smallest absolute Gasteiger partial charge is 0.262 e. The summed E-state index contributed by atoms with van der Waals surface area (Å²) in [6.07, 6.45) is 4.42. The van der Waals surface area contributed by atoms with Crippen LogP contribution in [0.25, 0.3) is 20.8 Å². The molecule has 4 aromatic rings. The lowest BCUT2D eigenvalue weighted by atomic mass is 10.1. The van der Waals surface area contributed by atoms with Gasteiger partial charge in [0, 0.05) is 28.1 Å². The van der Waals surface area contributed by atoms with Gasteiger partial charge >= 0.3 is 0 Å². The lowest BCUT2D eigenvalue weighted by Gasteiger charge is -2.12. The standard InChI is InChI=1S/C19H16N4OS2.ClH/c24-19-16-14-6-7-20-9-15(14)26-18(16)22-11-23(19)10-13-8-21-17(25-13)12-4-2-1-3-5-12;/h1-5,8,11,20H,6-7,9-10H2;1H. The summed E-state index contributed by atoms with van der Waals surface area (Å²) in [5, 5.41) is 5.14. The van der Waals surface area contributed by atoms with E-state index in [2.05, 4.69) is 15.3 Å². The van der Waals surface area contributed by atoms with Crippen LogP contribution in [-0.2, 0) is 19.5 Å². The van der Waals surface area contributed by atoms with Crippen molar-refractivity contribution in [2.45, 2.75) is 19.5 Å². The number of thiazole rings is 1. The van der Waals surface area contributed by atoms with Gasteiger partial charge in [0.25, 0.3) is 5.56 Å². The molecule has 5 rings (SSSR count). The molecule has 0 saturated carbocycles. The average Bonchev–Trinajstić information content (AvgIpc) is 3.29. The van der Waals surface area contributed by atoms with E-state index in [-0.39, 0.29) is 18.0 Å². The molecule has 5 nitrogen and oxygen atoms in total. The van der Waals surface area contributed by atoms with E-state index in [1.54, 1.807) is 33.6 Å². The van der Waals surface area contributed by atoms with Crippen molar-refractivity contribution in [1.82, 2.24) is 19.9 Å². The third kappa shape index (κ3) is 3.32. The summed E-state index contributed by atoms with van der Waals surface area (Å²) in [6, 6.07) is 10.1. The highest BCUT2D eigenvalue weighted by Gasteiger charge is 2.20. The SMILES string of the molecule is Cl.O=c1c2c3c(sc2ncn1Cc1cnc(-c2ccccc2)s1)CNCC3. The number of hydrogen-bond acceptors (Lipinski definition) is 6. The molecule has 138 valence electrons. The topological polar surface area (TPSA) is 59.8 Å². The molecule has 27 heavy (non-hydrogen) atoms. The van der Waals surface area contributed by atoms with Crippen LogP contribution in [0.3, 0.4) is 0 Å². The van der Waals surface area contributed by atoms with Crippen molar-refractivity contribution in [2.75, 3.05) is 6.54 Å². The van der Waals surface area contributed by atoms with Crippen LogP contribution < -0.4 is 10.9 Å². The van der Waals surface area contributed by atoms with E-state index in [0.717, 1.165) is 45.2 Å². The van der Waals surface area contributed by atoms with E-state index in [1.807, 2.05) is 36.5 Å². The van der Waals surface area contributed by atoms with Gasteiger partial charge in [0.2, 0.25) is 0 Å². The van der Waals surface area contributed by atoms with Gasteiger partial charge in [-0.3, -0.25) is 9.36 Å². The van der Waals surface area contributed by atoms with Crippen molar-refractivity contribution in [3.05, 3.63) is 68.5 Å². The monoisotopic (exact) mass is 416 g/mol. The molecule has 1 aromatic carbocycles. The fourth-order valence-electron chi connectivity index (χ4n) is 3.33. The molecule has 0 unspecified atom stereocenters. The van der Waals surface area contributed by atoms with Gasteiger partial charge in [-0.05, 0) is 18.5 Å². The van der Waals surface area contributed by atoms with Crippen molar-refractivity contribution in [2.24, 2.45) is 0 Å². The first-order valence-corrected chi connectivity index (χ1v) is 10.1. The molecule has 0 bridgehead atoms. The second kappa shape index (κ2) is 7.52. The van der Waals surface area contributed by atoms with Gasteiger partial charge in [-0.25, -0.2) is 9.97 Å². The van der Waals surface area contributed by atoms with Gasteiger partial charge in [-0.2, -0.15) is 0 Å². The fraction of sp³-hybridized carbons (Fsp3) is 0.211. The Labute approximate surface area is 170 Å². The Morgan fingerprint density at radius 1 is 1.15 bits per heavy atom. The minimum absolute atomic E-state index is 0. The van der Waals surface area contributed by atoms with E-state index >= 15 is 0 Å². The number of benzene rings is 1. The first-order chi connectivity index (χ1) is 12.8. The molecular formula is C19H17ClN4OS2. The van der Waals surface area contributed by atoms with Crippen molar-refractivity contribution < 1.29 is 0 Å². The van der Waals surface area contributed by atoms with E-state index < -0.39 is 0 Å². The van der Waals surface area contributed by atoms with Crippen molar-refractivity contribution in [3.8, 4) is 10.6 Å². The zero-order valence-electron chi connectivity index (χ0n) is 14.3. The number of aromatic nitrogens is 3. The van der Waals surface area contributed by atoms with Crippen LogP contribution in [0, 0.1) is 0 Å². The molecule has 1 aliphatic rings. The molecule has 0 atom stereocenters. The summed E-state index contributed by atoms with van der Waals surface area (Å²) in [5.41, 5.74) is 2.35. The van der Waals surface area contributed by atoms with E-state index in [9.17, 15) is 4.79 Å². The van der Waals surface area contributed by atoms with Gasteiger partial charge < -0.3 is 5.32 Å². The van der Waals surface area contributed by atoms with E-state index in [1.165, 1.54) is 10.4 Å². The Kier molecular flexibility index (Phi) is 5.10. The minimum atomic E-state index is 0. The molecule has 0 saturated heterocycles. The van der Waals surface area contributed by atoms with Crippen LogP contribution in [-0.4, -0.2) is 21.1 Å². The lowest BCUT2D eigenvalue weighted by Crippen LogP contribution is -2.25. The summed E-state index contributed by atoms with van der Waals surface area (Å²) in [5.74, 6) is 0. The van der Waals surface area contributed by atoms with Crippen LogP contribution in [0.15, 0.2) is 47.7 Å². The molecule has 1 aliphatic heterocycles. The number of halogens is 1. The number of hydrogen-bond donors (Lipinski definition) is 1. The highest BCUT2D eigenvalue weighted by molar-refractivity contribution is 7.18. The van der Waals surface area contributed by atoms with Gasteiger partial charge in [0.05, 0.1) is 18.3 Å². The quantitative estimate of drug-likeness (QED) is 0.553. The van der Waals surface area contributed by atoms with Crippen molar-refractivity contribution in [1.29, 1.82) is 0 Å². The zero-order chi connectivity index (χ0) is 17.5. The third-order valence-corrected chi connectivity index (χ3v) is 6.77. The molecule has 8 heteroatoms. The van der Waals surface area contributed by atoms with Crippen molar-refractivity contribution >= 4 is 45.3 Å². The Balaban J connectivity index is 0.00000180. The Hall–Kier alpha value is -2.06. The second-order valence-corrected chi connectivity index (χ2v) is 8.48. The molecule has 4 heterocycles. The molecule has 0 spiro atoms. The van der Waals surface area contributed by atoms with Crippen LogP contribution in [0.5, 0.6) is 0 Å². The summed E-state index contributed by atoms with van der Waals surface area (Å²) >= 11 is 3.25. The zero-order valence-corrected chi connectivity index (χ0v) is 16.8. The molecule has 0 fully saturated rings. The Morgan fingerprint density at radius 3 is 2.85 bits per heavy atom. The van der Waals surface area contributed by atoms with Crippen LogP contribution in [0.2, 0.25) is 0 Å². The van der Waals surface area contributed by atoms with E-state index in [4.69, 9.17) is 0 Å². The normalized spacial score (nSPS) is 13.3. The highest BCUT2D eigenvalue weighted by Crippen LogP contribution is 2.30. The largest absolute Gasteiger partial charge is 0.312 e. The molecular weight excluding hydrogens is 400 g/mol. The van der Waals surface area contributed by atoms with Crippen LogP contribution in [0.1, 0.15) is 15.3 Å². The number of nitrogens with zero attached hydrogens (tertiary/aromatic N) is 3. The molecule has 0 aliphatic carbocycles. The average molecular weight is 417 g/mol. The molecule has 0 amide bonds. The van der Waals surface area contributed by atoms with Crippen molar-refractivity contribution in [3.63, 3.8) is 0 Å². The van der Waals surface area contributed by atoms with Crippen LogP contribution >= 0.6 is 35.1 Å². The summed E-state index contributed by atoms with van der Waals surface area (Å²) < 4.78 is 1.71. The van der Waals surface area contributed by atoms with Gasteiger partial charge in [-0.1, -0.05) is 30.3 Å². The number of rotatable bonds is 3. The Morgan fingerprint density at radius 2 is 2.00 bits per heavy atom. The van der Waals surface area contributed by atoms with Crippen LogP contribution in [0.4, 0.5) is 0 Å². The lowest BCUT2D eigenvalue weighted by molar-refractivity contribution is 0.656. The Bertz CT molecular complexity index is 1150. The molecule has 0 radical (unpaired) electrons. The third-order valence-electron chi connectivity index (χ3n) is 4.60. The predicted molar refractivity (Wildman–Crippen MR) is 113 cm³/mol. The predicted octanol–water partition coefficient (Wildman–Crippen LogP) is 3.70. The highest BCUT2D eigenvalue weighted by atomic mass is 35.5. The summed E-state index contributed by atoms with van der Waals surface area (Å²) in [7, 11) is 0. The number of thiophene rings is 1. The molecule has 3 aromatic heterocycles. The summed E-state index contributed by atoms with van der Waals surface area (Å²) in [6.45, 7) is 2.27.